The first-order chi connectivity index (χ1) is 10.7. The molecule has 0 bridgehead atoms. The maximum absolute atomic E-state index is 12.8. The van der Waals surface area contributed by atoms with Crippen molar-refractivity contribution in [2.45, 2.75) is 17.9 Å². The number of hydrogen-bond acceptors (Lipinski definition) is 5. The summed E-state index contributed by atoms with van der Waals surface area (Å²) in [4.78, 5) is 0. The summed E-state index contributed by atoms with van der Waals surface area (Å²) < 4.78 is 18.4. The van der Waals surface area contributed by atoms with Gasteiger partial charge in [-0.1, -0.05) is 52.3 Å². The van der Waals surface area contributed by atoms with Gasteiger partial charge in [-0.3, -0.25) is 0 Å². The van der Waals surface area contributed by atoms with E-state index in [-0.39, 0.29) is 5.82 Å². The molecule has 1 heterocycles. The summed E-state index contributed by atoms with van der Waals surface area (Å²) in [6.45, 7) is 2.00. The van der Waals surface area contributed by atoms with E-state index in [0.717, 1.165) is 16.8 Å². The van der Waals surface area contributed by atoms with Crippen molar-refractivity contribution >= 4 is 23.5 Å². The molecule has 1 N–H and O–H groups in total. The zero-order valence-electron chi connectivity index (χ0n) is 11.9. The summed E-state index contributed by atoms with van der Waals surface area (Å²) >= 11 is 1.41. The highest BCUT2D eigenvalue weighted by Crippen LogP contribution is 2.25. The number of nitrogens with zero attached hydrogens (tertiary/aromatic N) is 2. The van der Waals surface area contributed by atoms with E-state index in [0.29, 0.717) is 17.0 Å². The molecule has 0 fully saturated rings. The van der Waals surface area contributed by atoms with Crippen LogP contribution in [0.4, 0.5) is 16.1 Å². The molecule has 0 saturated carbocycles. The molecular weight excluding hydrogens is 301 g/mol. The molecule has 0 spiro atoms. The minimum atomic E-state index is -0.240. The van der Waals surface area contributed by atoms with Gasteiger partial charge in [-0.15, -0.1) is 0 Å². The van der Waals surface area contributed by atoms with Crippen molar-refractivity contribution in [3.05, 3.63) is 65.5 Å². The zero-order chi connectivity index (χ0) is 15.4. The number of anilines is 2. The molecule has 0 radical (unpaired) electrons. The minimum Gasteiger partial charge on any atom is -0.398 e. The molecule has 3 rings (SSSR count). The average Bonchev–Trinajstić information content (AvgIpc) is 2.97. The van der Waals surface area contributed by atoms with Crippen LogP contribution in [0.1, 0.15) is 11.1 Å². The smallest absolute Gasteiger partial charge is 0.320 e. The van der Waals surface area contributed by atoms with Gasteiger partial charge in [0.1, 0.15) is 5.82 Å². The normalized spacial score (nSPS) is 10.6. The lowest BCUT2D eigenvalue weighted by atomic mass is 10.2. The van der Waals surface area contributed by atoms with Gasteiger partial charge in [0.25, 0.3) is 5.22 Å². The number of rotatable bonds is 5. The largest absolute Gasteiger partial charge is 0.398 e. The number of thioether (sulfide) groups is 1. The molecule has 0 atom stereocenters. The summed E-state index contributed by atoms with van der Waals surface area (Å²) in [5.74, 6) is 0.406. The molecule has 4 nitrogen and oxygen atoms in total. The van der Waals surface area contributed by atoms with Crippen LogP contribution in [0.2, 0.25) is 0 Å². The van der Waals surface area contributed by atoms with Gasteiger partial charge in [0, 0.05) is 11.4 Å². The first kappa shape index (κ1) is 14.6. The van der Waals surface area contributed by atoms with Crippen LogP contribution in [0.3, 0.4) is 0 Å². The molecule has 112 valence electrons. The topological polar surface area (TPSA) is 51.0 Å². The molecule has 3 aromatic rings. The van der Waals surface area contributed by atoms with Gasteiger partial charge in [0.2, 0.25) is 0 Å². The lowest BCUT2D eigenvalue weighted by molar-refractivity contribution is 0.468. The van der Waals surface area contributed by atoms with E-state index < -0.39 is 0 Å². The number of nitrogens with one attached hydrogen (secondary N) is 1. The molecule has 0 saturated heterocycles. The second-order valence-corrected chi connectivity index (χ2v) is 5.65. The van der Waals surface area contributed by atoms with Crippen LogP contribution >= 0.6 is 11.8 Å². The van der Waals surface area contributed by atoms with E-state index in [4.69, 9.17) is 4.42 Å². The molecule has 0 aliphatic heterocycles. The molecule has 0 amide bonds. The Bertz CT molecular complexity index is 758. The van der Waals surface area contributed by atoms with Gasteiger partial charge in [0.15, 0.2) is 0 Å². The third-order valence-corrected chi connectivity index (χ3v) is 3.96. The number of para-hydroxylation sites is 1. The highest BCUT2D eigenvalue weighted by atomic mass is 32.2. The highest BCUT2D eigenvalue weighted by molar-refractivity contribution is 7.98. The highest BCUT2D eigenvalue weighted by Gasteiger charge is 2.08. The van der Waals surface area contributed by atoms with Gasteiger partial charge in [-0.25, -0.2) is 4.39 Å². The van der Waals surface area contributed by atoms with Gasteiger partial charge in [-0.05, 0) is 36.2 Å². The van der Waals surface area contributed by atoms with Crippen molar-refractivity contribution in [3.63, 3.8) is 0 Å². The van der Waals surface area contributed by atoms with Crippen LogP contribution in [0, 0.1) is 12.7 Å². The number of halogens is 1. The molecule has 0 unspecified atom stereocenters. The number of benzene rings is 2. The fourth-order valence-corrected chi connectivity index (χ4v) is 2.59. The Morgan fingerprint density at radius 3 is 2.64 bits per heavy atom. The summed E-state index contributed by atoms with van der Waals surface area (Å²) in [7, 11) is 0. The average molecular weight is 315 g/mol. The van der Waals surface area contributed by atoms with Crippen LogP contribution < -0.4 is 5.32 Å². The van der Waals surface area contributed by atoms with Crippen molar-refractivity contribution in [1.82, 2.24) is 10.2 Å². The van der Waals surface area contributed by atoms with Gasteiger partial charge in [-0.2, -0.15) is 0 Å². The molecular formula is C16H14FN3OS. The SMILES string of the molecule is Cc1ccccc1Nc1nnc(SCc2ccc(F)cc2)o1. The maximum Gasteiger partial charge on any atom is 0.320 e. The Kier molecular flexibility index (Phi) is 4.39. The van der Waals surface area contributed by atoms with Crippen LogP contribution in [0.15, 0.2) is 58.2 Å². The van der Waals surface area contributed by atoms with Crippen LogP contribution in [-0.2, 0) is 5.75 Å². The fraction of sp³-hybridized carbons (Fsp3) is 0.125. The monoisotopic (exact) mass is 315 g/mol. The molecule has 1 aromatic heterocycles. The van der Waals surface area contributed by atoms with Crippen LogP contribution in [-0.4, -0.2) is 10.2 Å². The molecule has 0 aliphatic carbocycles. The molecule has 2 aromatic carbocycles. The molecule has 6 heteroatoms. The Hall–Kier alpha value is -2.34. The van der Waals surface area contributed by atoms with E-state index in [1.54, 1.807) is 12.1 Å². The summed E-state index contributed by atoms with van der Waals surface area (Å²) in [6, 6.07) is 14.6. The van der Waals surface area contributed by atoms with E-state index in [1.165, 1.54) is 23.9 Å². The Balaban J connectivity index is 1.61. The summed E-state index contributed by atoms with van der Waals surface area (Å²) in [6.07, 6.45) is 0. The Morgan fingerprint density at radius 1 is 1.09 bits per heavy atom. The lowest BCUT2D eigenvalue weighted by Gasteiger charge is -2.03. The summed E-state index contributed by atoms with van der Waals surface area (Å²) in [5, 5.41) is 11.5. The Labute approximate surface area is 131 Å². The number of hydrogen-bond donors (Lipinski definition) is 1. The summed E-state index contributed by atoms with van der Waals surface area (Å²) in [5.41, 5.74) is 3.03. The van der Waals surface area contributed by atoms with E-state index >= 15 is 0 Å². The van der Waals surface area contributed by atoms with E-state index in [2.05, 4.69) is 15.5 Å². The van der Waals surface area contributed by atoms with Crippen LogP contribution in [0.5, 0.6) is 0 Å². The third-order valence-electron chi connectivity index (χ3n) is 3.07. The standard InChI is InChI=1S/C16H14FN3OS/c1-11-4-2-3-5-14(11)18-15-19-20-16(21-15)22-10-12-6-8-13(17)9-7-12/h2-9H,10H2,1H3,(H,18,19). The number of aryl methyl sites for hydroxylation is 1. The van der Waals surface area contributed by atoms with Gasteiger partial charge >= 0.3 is 6.01 Å². The fourth-order valence-electron chi connectivity index (χ4n) is 1.87. The van der Waals surface area contributed by atoms with Gasteiger partial charge < -0.3 is 9.73 Å². The minimum absolute atomic E-state index is 0.240. The first-order valence-electron chi connectivity index (χ1n) is 6.74. The van der Waals surface area contributed by atoms with E-state index in [1.807, 2.05) is 31.2 Å². The van der Waals surface area contributed by atoms with E-state index in [9.17, 15) is 4.39 Å². The second-order valence-electron chi connectivity index (χ2n) is 4.73. The lowest BCUT2D eigenvalue weighted by Crippen LogP contribution is -1.92. The predicted octanol–water partition coefficient (Wildman–Crippen LogP) is 4.55. The molecule has 22 heavy (non-hydrogen) atoms. The predicted molar refractivity (Wildman–Crippen MR) is 84.7 cm³/mol. The first-order valence-corrected chi connectivity index (χ1v) is 7.73. The second kappa shape index (κ2) is 6.62. The molecule has 0 aliphatic rings. The van der Waals surface area contributed by atoms with Crippen molar-refractivity contribution in [2.24, 2.45) is 0 Å². The Morgan fingerprint density at radius 2 is 1.86 bits per heavy atom. The van der Waals surface area contributed by atoms with Crippen molar-refractivity contribution in [2.75, 3.05) is 5.32 Å². The zero-order valence-corrected chi connectivity index (χ0v) is 12.7. The third kappa shape index (κ3) is 3.65. The van der Waals surface area contributed by atoms with Gasteiger partial charge in [0.05, 0.1) is 0 Å². The van der Waals surface area contributed by atoms with Crippen molar-refractivity contribution in [1.29, 1.82) is 0 Å². The van der Waals surface area contributed by atoms with Crippen molar-refractivity contribution in [3.8, 4) is 0 Å². The quantitative estimate of drug-likeness (QED) is 0.700. The van der Waals surface area contributed by atoms with Crippen LogP contribution in [0.25, 0.3) is 0 Å². The number of aromatic nitrogens is 2. The van der Waals surface area contributed by atoms with Crippen molar-refractivity contribution < 1.29 is 8.81 Å². The maximum atomic E-state index is 12.8.